The number of hydrogen-bond donors (Lipinski definition) is 2. The zero-order valence-corrected chi connectivity index (χ0v) is 11.9. The van der Waals surface area contributed by atoms with Crippen LogP contribution >= 0.6 is 15.9 Å². The molecule has 0 radical (unpaired) electrons. The van der Waals surface area contributed by atoms with E-state index in [0.29, 0.717) is 0 Å². The molecule has 0 aliphatic rings. The molecule has 0 aromatic heterocycles. The molecule has 0 heterocycles. The van der Waals surface area contributed by atoms with Crippen molar-refractivity contribution in [2.75, 3.05) is 0 Å². The van der Waals surface area contributed by atoms with E-state index in [2.05, 4.69) is 21.2 Å². The lowest BCUT2D eigenvalue weighted by Gasteiger charge is -2.23. The topological polar surface area (TPSA) is 49.3 Å². The second-order valence-corrected chi connectivity index (χ2v) is 5.32. The smallest absolute Gasteiger partial charge is 0.320 e. The molecule has 2 atom stereocenters. The van der Waals surface area contributed by atoms with E-state index in [1.165, 1.54) is 0 Å². The van der Waals surface area contributed by atoms with Crippen LogP contribution in [0.25, 0.3) is 0 Å². The predicted molar refractivity (Wildman–Crippen MR) is 72.0 cm³/mol. The average molecular weight is 300 g/mol. The number of carboxylic acid groups (broad SMARTS) is 1. The van der Waals surface area contributed by atoms with E-state index in [9.17, 15) is 4.79 Å². The van der Waals surface area contributed by atoms with Gasteiger partial charge >= 0.3 is 5.97 Å². The van der Waals surface area contributed by atoms with Crippen molar-refractivity contribution in [1.29, 1.82) is 0 Å². The molecule has 4 heteroatoms. The number of carboxylic acids is 1. The van der Waals surface area contributed by atoms with Crippen molar-refractivity contribution >= 4 is 21.9 Å². The Labute approximate surface area is 110 Å². The fraction of sp³-hybridized carbons (Fsp3) is 0.462. The van der Waals surface area contributed by atoms with Crippen LogP contribution in [-0.4, -0.2) is 17.1 Å². The highest BCUT2D eigenvalue weighted by Gasteiger charge is 2.23. The van der Waals surface area contributed by atoms with Gasteiger partial charge in [0.1, 0.15) is 6.04 Å². The average Bonchev–Trinajstić information content (AvgIpc) is 2.25. The van der Waals surface area contributed by atoms with Crippen LogP contribution in [0.2, 0.25) is 0 Å². The molecule has 94 valence electrons. The Morgan fingerprint density at radius 1 is 1.29 bits per heavy atom. The summed E-state index contributed by atoms with van der Waals surface area (Å²) in [6.45, 7) is 5.77. The van der Waals surface area contributed by atoms with Crippen LogP contribution in [-0.2, 0) is 4.79 Å². The summed E-state index contributed by atoms with van der Waals surface area (Å²) in [7, 11) is 0. The molecule has 0 aliphatic heterocycles. The summed E-state index contributed by atoms with van der Waals surface area (Å²) in [5.74, 6) is -0.753. The molecule has 1 unspecified atom stereocenters. The van der Waals surface area contributed by atoms with Gasteiger partial charge in [0.15, 0.2) is 0 Å². The Balaban J connectivity index is 2.81. The van der Waals surface area contributed by atoms with E-state index >= 15 is 0 Å². The molecular weight excluding hydrogens is 282 g/mol. The highest BCUT2D eigenvalue weighted by molar-refractivity contribution is 9.10. The third-order valence-electron chi connectivity index (χ3n) is 2.73. The molecule has 0 saturated heterocycles. The third-order valence-corrected chi connectivity index (χ3v) is 3.46. The van der Waals surface area contributed by atoms with Crippen molar-refractivity contribution < 1.29 is 9.90 Å². The molecule has 17 heavy (non-hydrogen) atoms. The van der Waals surface area contributed by atoms with Crippen LogP contribution in [0.15, 0.2) is 28.7 Å². The van der Waals surface area contributed by atoms with E-state index < -0.39 is 12.0 Å². The monoisotopic (exact) mass is 299 g/mol. The molecular formula is C13H18BrNO2. The lowest BCUT2D eigenvalue weighted by atomic mass is 10.0. The second kappa shape index (κ2) is 6.17. The van der Waals surface area contributed by atoms with Crippen molar-refractivity contribution in [2.45, 2.75) is 32.9 Å². The van der Waals surface area contributed by atoms with E-state index in [-0.39, 0.29) is 12.0 Å². The van der Waals surface area contributed by atoms with Crippen molar-refractivity contribution in [3.05, 3.63) is 34.3 Å². The predicted octanol–water partition coefficient (Wildman–Crippen LogP) is 3.21. The van der Waals surface area contributed by atoms with Gasteiger partial charge in [-0.2, -0.15) is 0 Å². The molecule has 0 bridgehead atoms. The number of nitrogens with one attached hydrogen (secondary N) is 1. The first kappa shape index (κ1) is 14.2. The van der Waals surface area contributed by atoms with Crippen molar-refractivity contribution in [1.82, 2.24) is 5.32 Å². The zero-order valence-electron chi connectivity index (χ0n) is 10.3. The van der Waals surface area contributed by atoms with Gasteiger partial charge in [-0.3, -0.25) is 10.1 Å². The van der Waals surface area contributed by atoms with Crippen LogP contribution in [0.4, 0.5) is 0 Å². The molecule has 0 amide bonds. The normalized spacial score (nSPS) is 14.6. The van der Waals surface area contributed by atoms with Gasteiger partial charge in [-0.05, 0) is 24.5 Å². The first-order valence-electron chi connectivity index (χ1n) is 5.66. The summed E-state index contributed by atoms with van der Waals surface area (Å²) in [6, 6.07) is 7.30. The quantitative estimate of drug-likeness (QED) is 0.878. The van der Waals surface area contributed by atoms with Crippen LogP contribution in [0, 0.1) is 5.92 Å². The van der Waals surface area contributed by atoms with E-state index in [1.54, 1.807) is 0 Å². The van der Waals surface area contributed by atoms with E-state index in [4.69, 9.17) is 5.11 Å². The minimum Gasteiger partial charge on any atom is -0.480 e. The first-order chi connectivity index (χ1) is 7.93. The van der Waals surface area contributed by atoms with Crippen LogP contribution in [0.1, 0.15) is 32.4 Å². The van der Waals surface area contributed by atoms with E-state index in [1.807, 2.05) is 45.0 Å². The van der Waals surface area contributed by atoms with Gasteiger partial charge in [-0.15, -0.1) is 0 Å². The van der Waals surface area contributed by atoms with Gasteiger partial charge in [-0.25, -0.2) is 0 Å². The number of aliphatic carboxylic acids is 1. The highest BCUT2D eigenvalue weighted by atomic mass is 79.9. The minimum absolute atomic E-state index is 0.00549. The molecule has 1 aromatic rings. The molecule has 0 spiro atoms. The maximum absolute atomic E-state index is 11.1. The van der Waals surface area contributed by atoms with Crippen LogP contribution in [0.5, 0.6) is 0 Å². The minimum atomic E-state index is -0.807. The number of benzene rings is 1. The van der Waals surface area contributed by atoms with Crippen molar-refractivity contribution in [2.24, 2.45) is 5.92 Å². The van der Waals surface area contributed by atoms with Crippen LogP contribution in [0.3, 0.4) is 0 Å². The highest BCUT2D eigenvalue weighted by Crippen LogP contribution is 2.23. The van der Waals surface area contributed by atoms with Gasteiger partial charge in [0, 0.05) is 10.5 Å². The summed E-state index contributed by atoms with van der Waals surface area (Å²) >= 11 is 3.47. The molecule has 0 fully saturated rings. The second-order valence-electron chi connectivity index (χ2n) is 4.47. The number of halogens is 1. The summed E-state index contributed by atoms with van der Waals surface area (Å²) in [5.41, 5.74) is 1.07. The largest absolute Gasteiger partial charge is 0.480 e. The maximum atomic E-state index is 11.1. The number of carbonyl (C=O) groups is 1. The van der Waals surface area contributed by atoms with Gasteiger partial charge < -0.3 is 5.11 Å². The number of hydrogen-bond acceptors (Lipinski definition) is 2. The summed E-state index contributed by atoms with van der Waals surface area (Å²) in [5, 5.41) is 12.3. The lowest BCUT2D eigenvalue weighted by molar-refractivity contribution is -0.140. The van der Waals surface area contributed by atoms with Crippen molar-refractivity contribution in [3.63, 3.8) is 0 Å². The Morgan fingerprint density at radius 3 is 2.35 bits per heavy atom. The molecule has 2 N–H and O–H groups in total. The molecule has 0 aliphatic carbocycles. The molecule has 1 rings (SSSR count). The fourth-order valence-electron chi connectivity index (χ4n) is 1.73. The Bertz CT molecular complexity index is 393. The number of rotatable bonds is 5. The third kappa shape index (κ3) is 3.82. The lowest BCUT2D eigenvalue weighted by Crippen LogP contribution is -2.42. The summed E-state index contributed by atoms with van der Waals surface area (Å²) < 4.78 is 0.993. The standard InChI is InChI=1S/C13H18BrNO2/c1-8(2)12(13(16)17)15-9(3)10-6-4-5-7-11(10)14/h4-9,12,15H,1-3H3,(H,16,17)/t9-,12?/m1/s1. The Hall–Kier alpha value is -0.870. The summed E-state index contributed by atoms with van der Waals surface area (Å²) in [4.78, 5) is 11.1. The van der Waals surface area contributed by atoms with Gasteiger partial charge in [0.2, 0.25) is 0 Å². The van der Waals surface area contributed by atoms with Gasteiger partial charge in [-0.1, -0.05) is 48.0 Å². The van der Waals surface area contributed by atoms with E-state index in [0.717, 1.165) is 10.0 Å². The maximum Gasteiger partial charge on any atom is 0.320 e. The Morgan fingerprint density at radius 2 is 1.88 bits per heavy atom. The van der Waals surface area contributed by atoms with Gasteiger partial charge in [0.25, 0.3) is 0 Å². The van der Waals surface area contributed by atoms with Crippen molar-refractivity contribution in [3.8, 4) is 0 Å². The zero-order chi connectivity index (χ0) is 13.0. The fourth-order valence-corrected chi connectivity index (χ4v) is 2.36. The molecule has 3 nitrogen and oxygen atoms in total. The van der Waals surface area contributed by atoms with Crippen LogP contribution < -0.4 is 5.32 Å². The first-order valence-corrected chi connectivity index (χ1v) is 6.46. The molecule has 0 saturated carbocycles. The SMILES string of the molecule is CC(C)C(N[C@H](C)c1ccccc1Br)C(=O)O. The van der Waals surface area contributed by atoms with Gasteiger partial charge in [0.05, 0.1) is 0 Å². The summed E-state index contributed by atoms with van der Waals surface area (Å²) in [6.07, 6.45) is 0. The Kier molecular flexibility index (Phi) is 5.15. The molecule has 1 aromatic carbocycles.